The standard InChI is InChI=1S/C18H17N3O6/c1-12-9-16(27-20-12)18(23)26-11-17(22)21(6-2-5-19)13-3-4-14-15(10-13)25-8-7-24-14/h3-4,9-10H,2,6-8,11H2,1H3. The zero-order valence-electron chi connectivity index (χ0n) is 14.6. The van der Waals surface area contributed by atoms with Crippen molar-refractivity contribution in [3.8, 4) is 17.6 Å². The summed E-state index contributed by atoms with van der Waals surface area (Å²) in [6.45, 7) is 2.18. The van der Waals surface area contributed by atoms with Crippen LogP contribution in [0.2, 0.25) is 0 Å². The van der Waals surface area contributed by atoms with Gasteiger partial charge in [0.25, 0.3) is 5.91 Å². The molecule has 0 saturated carbocycles. The third kappa shape index (κ3) is 4.36. The molecule has 0 saturated heterocycles. The monoisotopic (exact) mass is 371 g/mol. The summed E-state index contributed by atoms with van der Waals surface area (Å²) in [6.07, 6.45) is 0.120. The zero-order valence-corrected chi connectivity index (χ0v) is 14.6. The molecular formula is C18H17N3O6. The van der Waals surface area contributed by atoms with Crippen molar-refractivity contribution >= 4 is 17.6 Å². The number of nitriles is 1. The summed E-state index contributed by atoms with van der Waals surface area (Å²) in [7, 11) is 0. The van der Waals surface area contributed by atoms with Crippen LogP contribution < -0.4 is 14.4 Å². The minimum atomic E-state index is -0.786. The minimum absolute atomic E-state index is 0.0804. The molecule has 0 spiro atoms. The Kier molecular flexibility index (Phi) is 5.56. The number of carbonyl (C=O) groups excluding carboxylic acids is 2. The van der Waals surface area contributed by atoms with Crippen LogP contribution in [0.4, 0.5) is 5.69 Å². The van der Waals surface area contributed by atoms with Crippen LogP contribution >= 0.6 is 0 Å². The largest absolute Gasteiger partial charge is 0.486 e. The summed E-state index contributed by atoms with van der Waals surface area (Å²) in [4.78, 5) is 25.9. The van der Waals surface area contributed by atoms with E-state index in [9.17, 15) is 9.59 Å². The highest BCUT2D eigenvalue weighted by Gasteiger charge is 2.22. The van der Waals surface area contributed by atoms with Crippen molar-refractivity contribution in [1.82, 2.24) is 5.16 Å². The summed E-state index contributed by atoms with van der Waals surface area (Å²) < 4.78 is 20.8. The van der Waals surface area contributed by atoms with E-state index in [1.54, 1.807) is 25.1 Å². The molecule has 0 aliphatic carbocycles. The Hall–Kier alpha value is -3.54. The van der Waals surface area contributed by atoms with Gasteiger partial charge in [0.1, 0.15) is 13.2 Å². The molecule has 27 heavy (non-hydrogen) atoms. The molecular weight excluding hydrogens is 354 g/mol. The number of aromatic nitrogens is 1. The number of carbonyl (C=O) groups is 2. The van der Waals surface area contributed by atoms with Crippen LogP contribution in [-0.4, -0.2) is 43.4 Å². The Morgan fingerprint density at radius 2 is 2.04 bits per heavy atom. The van der Waals surface area contributed by atoms with E-state index in [2.05, 4.69) is 5.16 Å². The van der Waals surface area contributed by atoms with E-state index >= 15 is 0 Å². The third-order valence-corrected chi connectivity index (χ3v) is 3.74. The molecule has 0 bridgehead atoms. The molecule has 0 N–H and O–H groups in total. The summed E-state index contributed by atoms with van der Waals surface area (Å²) in [5.74, 6) is -0.242. The van der Waals surface area contributed by atoms with Crippen molar-refractivity contribution in [1.29, 1.82) is 5.26 Å². The molecule has 2 heterocycles. The van der Waals surface area contributed by atoms with Crippen LogP contribution in [0.5, 0.6) is 11.5 Å². The van der Waals surface area contributed by atoms with Gasteiger partial charge in [-0.2, -0.15) is 5.26 Å². The van der Waals surface area contributed by atoms with Crippen LogP contribution in [-0.2, 0) is 9.53 Å². The number of esters is 1. The first kappa shape index (κ1) is 18.3. The van der Waals surface area contributed by atoms with Gasteiger partial charge in [0.2, 0.25) is 5.76 Å². The van der Waals surface area contributed by atoms with E-state index in [1.807, 2.05) is 6.07 Å². The van der Waals surface area contributed by atoms with Gasteiger partial charge in [-0.05, 0) is 19.1 Å². The summed E-state index contributed by atoms with van der Waals surface area (Å²) in [6, 6.07) is 8.45. The van der Waals surface area contributed by atoms with Crippen LogP contribution in [0.3, 0.4) is 0 Å². The molecule has 0 radical (unpaired) electrons. The summed E-state index contributed by atoms with van der Waals surface area (Å²) in [5, 5.41) is 12.5. The maximum absolute atomic E-state index is 12.6. The van der Waals surface area contributed by atoms with Crippen molar-refractivity contribution in [3.05, 3.63) is 35.7 Å². The first-order valence-electron chi connectivity index (χ1n) is 8.26. The van der Waals surface area contributed by atoms with E-state index in [-0.39, 0.29) is 18.7 Å². The van der Waals surface area contributed by atoms with Crippen molar-refractivity contribution in [2.24, 2.45) is 0 Å². The second kappa shape index (κ2) is 8.23. The van der Waals surface area contributed by atoms with Crippen molar-refractivity contribution in [2.75, 3.05) is 31.3 Å². The average Bonchev–Trinajstić information content (AvgIpc) is 3.12. The molecule has 1 aromatic carbocycles. The summed E-state index contributed by atoms with van der Waals surface area (Å²) in [5.41, 5.74) is 1.05. The Morgan fingerprint density at radius 1 is 1.26 bits per heavy atom. The highest BCUT2D eigenvalue weighted by molar-refractivity contribution is 5.96. The average molecular weight is 371 g/mol. The van der Waals surface area contributed by atoms with E-state index in [1.165, 1.54) is 11.0 Å². The van der Waals surface area contributed by atoms with Crippen LogP contribution in [0.25, 0.3) is 0 Å². The van der Waals surface area contributed by atoms with Crippen LogP contribution in [0.15, 0.2) is 28.8 Å². The fourth-order valence-corrected chi connectivity index (χ4v) is 2.50. The molecule has 2 aromatic rings. The number of ether oxygens (including phenoxy) is 3. The number of rotatable bonds is 6. The fourth-order valence-electron chi connectivity index (χ4n) is 2.50. The SMILES string of the molecule is Cc1cc(C(=O)OCC(=O)N(CCC#N)c2ccc3c(c2)OCCO3)on1. The van der Waals surface area contributed by atoms with Gasteiger partial charge in [0, 0.05) is 24.4 Å². The first-order chi connectivity index (χ1) is 13.1. The lowest BCUT2D eigenvalue weighted by Crippen LogP contribution is -2.35. The smallest absolute Gasteiger partial charge is 0.377 e. The van der Waals surface area contributed by atoms with E-state index in [0.29, 0.717) is 36.1 Å². The molecule has 140 valence electrons. The lowest BCUT2D eigenvalue weighted by Gasteiger charge is -2.24. The topological polar surface area (TPSA) is 115 Å². The predicted octanol–water partition coefficient (Wildman–Crippen LogP) is 1.86. The number of anilines is 1. The van der Waals surface area contributed by atoms with Gasteiger partial charge in [-0.15, -0.1) is 0 Å². The fraction of sp³-hybridized carbons (Fsp3) is 0.333. The first-order valence-corrected chi connectivity index (χ1v) is 8.26. The van der Waals surface area contributed by atoms with Crippen molar-refractivity contribution in [2.45, 2.75) is 13.3 Å². The lowest BCUT2D eigenvalue weighted by atomic mass is 10.2. The summed E-state index contributed by atoms with van der Waals surface area (Å²) >= 11 is 0. The third-order valence-electron chi connectivity index (χ3n) is 3.74. The number of amides is 1. The molecule has 0 atom stereocenters. The number of benzene rings is 1. The highest BCUT2D eigenvalue weighted by Crippen LogP contribution is 2.34. The molecule has 1 aliphatic heterocycles. The second-order valence-electron chi connectivity index (χ2n) is 5.69. The maximum Gasteiger partial charge on any atom is 0.377 e. The van der Waals surface area contributed by atoms with Gasteiger partial charge in [-0.3, -0.25) is 4.79 Å². The van der Waals surface area contributed by atoms with Gasteiger partial charge in [0.05, 0.1) is 18.2 Å². The molecule has 9 nitrogen and oxygen atoms in total. The van der Waals surface area contributed by atoms with E-state index in [0.717, 1.165) is 0 Å². The maximum atomic E-state index is 12.6. The number of nitrogens with zero attached hydrogens (tertiary/aromatic N) is 3. The second-order valence-corrected chi connectivity index (χ2v) is 5.69. The van der Waals surface area contributed by atoms with Gasteiger partial charge in [0.15, 0.2) is 18.1 Å². The van der Waals surface area contributed by atoms with E-state index < -0.39 is 18.5 Å². The quantitative estimate of drug-likeness (QED) is 0.707. The van der Waals surface area contributed by atoms with Gasteiger partial charge in [-0.1, -0.05) is 5.16 Å². The molecule has 1 amide bonds. The Balaban J connectivity index is 1.71. The van der Waals surface area contributed by atoms with Gasteiger partial charge < -0.3 is 23.6 Å². The molecule has 9 heteroatoms. The Labute approximate surface area is 155 Å². The van der Waals surface area contributed by atoms with Crippen molar-refractivity contribution < 1.29 is 28.3 Å². The number of fused-ring (bicyclic) bond motifs is 1. The normalized spacial score (nSPS) is 12.1. The number of hydrogen-bond acceptors (Lipinski definition) is 8. The predicted molar refractivity (Wildman–Crippen MR) is 91.5 cm³/mol. The lowest BCUT2D eigenvalue weighted by molar-refractivity contribution is -0.121. The molecule has 0 fully saturated rings. The van der Waals surface area contributed by atoms with Gasteiger partial charge in [-0.25, -0.2) is 4.79 Å². The van der Waals surface area contributed by atoms with Crippen LogP contribution in [0.1, 0.15) is 22.7 Å². The van der Waals surface area contributed by atoms with E-state index in [4.69, 9.17) is 24.0 Å². The number of hydrogen-bond donors (Lipinski definition) is 0. The molecule has 1 aromatic heterocycles. The minimum Gasteiger partial charge on any atom is -0.486 e. The zero-order chi connectivity index (χ0) is 19.2. The molecule has 3 rings (SSSR count). The Bertz CT molecular complexity index is 885. The molecule has 0 unspecified atom stereocenters. The number of aryl methyl sites for hydroxylation is 1. The molecule has 1 aliphatic rings. The van der Waals surface area contributed by atoms with Crippen LogP contribution in [0, 0.1) is 18.3 Å². The highest BCUT2D eigenvalue weighted by atomic mass is 16.6. The van der Waals surface area contributed by atoms with Gasteiger partial charge >= 0.3 is 5.97 Å². The van der Waals surface area contributed by atoms with Crippen molar-refractivity contribution in [3.63, 3.8) is 0 Å². The Morgan fingerprint density at radius 3 is 2.74 bits per heavy atom.